The summed E-state index contributed by atoms with van der Waals surface area (Å²) in [5, 5.41) is 17.4. The van der Waals surface area contributed by atoms with E-state index in [1.54, 1.807) is 0 Å². The maximum absolute atomic E-state index is 9.72. The molecule has 5 nitrogen and oxygen atoms in total. The predicted octanol–water partition coefficient (Wildman–Crippen LogP) is 3.86. The van der Waals surface area contributed by atoms with E-state index >= 15 is 0 Å². The quantitative estimate of drug-likeness (QED) is 0.313. The fourth-order valence-electron chi connectivity index (χ4n) is 4.08. The SMILES string of the molecule is CCNC(=NCC1(c2cccc(Cl)c2)CCOCC1)NC1CCC(O)CC1.I. The summed E-state index contributed by atoms with van der Waals surface area (Å²) >= 11 is 6.27. The topological polar surface area (TPSA) is 65.9 Å². The first kappa shape index (κ1) is 23.7. The fourth-order valence-corrected chi connectivity index (χ4v) is 4.27. The van der Waals surface area contributed by atoms with Crippen LogP contribution >= 0.6 is 35.6 Å². The van der Waals surface area contributed by atoms with Crippen LogP contribution in [0.15, 0.2) is 29.3 Å². The third kappa shape index (κ3) is 6.47. The number of aliphatic imine (C=N–C) groups is 1. The molecule has 0 unspecified atom stereocenters. The largest absolute Gasteiger partial charge is 0.393 e. The smallest absolute Gasteiger partial charge is 0.191 e. The van der Waals surface area contributed by atoms with Crippen molar-refractivity contribution in [3.63, 3.8) is 0 Å². The summed E-state index contributed by atoms with van der Waals surface area (Å²) in [4.78, 5) is 4.96. The molecule has 1 aromatic carbocycles. The van der Waals surface area contributed by atoms with Crippen LogP contribution in [0.4, 0.5) is 0 Å². The van der Waals surface area contributed by atoms with Gasteiger partial charge in [0.1, 0.15) is 0 Å². The average molecular weight is 522 g/mol. The molecule has 1 saturated heterocycles. The number of ether oxygens (including phenoxy) is 1. The van der Waals surface area contributed by atoms with Crippen molar-refractivity contribution in [2.75, 3.05) is 26.3 Å². The number of nitrogens with zero attached hydrogens (tertiary/aromatic N) is 1. The van der Waals surface area contributed by atoms with Gasteiger partial charge in [0.15, 0.2) is 5.96 Å². The van der Waals surface area contributed by atoms with Gasteiger partial charge >= 0.3 is 0 Å². The Morgan fingerprint density at radius 3 is 2.61 bits per heavy atom. The van der Waals surface area contributed by atoms with Crippen LogP contribution in [0, 0.1) is 0 Å². The van der Waals surface area contributed by atoms with E-state index in [4.69, 9.17) is 21.3 Å². The summed E-state index contributed by atoms with van der Waals surface area (Å²) in [6, 6.07) is 8.56. The molecule has 1 heterocycles. The van der Waals surface area contributed by atoms with Crippen molar-refractivity contribution >= 4 is 41.5 Å². The van der Waals surface area contributed by atoms with Gasteiger partial charge in [-0.2, -0.15) is 0 Å². The van der Waals surface area contributed by atoms with E-state index in [2.05, 4.69) is 29.7 Å². The lowest BCUT2D eigenvalue weighted by molar-refractivity contribution is 0.0531. The first-order chi connectivity index (χ1) is 13.1. The zero-order valence-electron chi connectivity index (χ0n) is 16.6. The zero-order chi connectivity index (χ0) is 19.1. The van der Waals surface area contributed by atoms with E-state index in [0.717, 1.165) is 69.3 Å². The molecule has 1 aliphatic carbocycles. The molecule has 0 spiro atoms. The molecule has 2 aliphatic rings. The van der Waals surface area contributed by atoms with Crippen LogP contribution in [0.2, 0.25) is 5.02 Å². The molecular weight excluding hydrogens is 489 g/mol. The lowest BCUT2D eigenvalue weighted by Crippen LogP contribution is -2.46. The van der Waals surface area contributed by atoms with E-state index in [-0.39, 0.29) is 35.5 Å². The Morgan fingerprint density at radius 1 is 1.25 bits per heavy atom. The molecule has 1 aromatic rings. The van der Waals surface area contributed by atoms with Crippen LogP contribution in [0.1, 0.15) is 51.0 Å². The fraction of sp³-hybridized carbons (Fsp3) is 0.667. The van der Waals surface area contributed by atoms with Crippen molar-refractivity contribution in [1.82, 2.24) is 10.6 Å². The van der Waals surface area contributed by atoms with E-state index in [1.807, 2.05) is 12.1 Å². The van der Waals surface area contributed by atoms with Crippen LogP contribution in [0.25, 0.3) is 0 Å². The molecule has 3 rings (SSSR count). The molecule has 0 bridgehead atoms. The number of hydrogen-bond acceptors (Lipinski definition) is 3. The number of rotatable bonds is 5. The van der Waals surface area contributed by atoms with Crippen LogP contribution in [0.5, 0.6) is 0 Å². The second-order valence-corrected chi connectivity index (χ2v) is 8.18. The van der Waals surface area contributed by atoms with Gasteiger partial charge in [0.2, 0.25) is 0 Å². The van der Waals surface area contributed by atoms with Crippen molar-refractivity contribution in [2.45, 2.75) is 63.0 Å². The maximum Gasteiger partial charge on any atom is 0.191 e. The van der Waals surface area contributed by atoms with Crippen LogP contribution in [0.3, 0.4) is 0 Å². The molecule has 1 saturated carbocycles. The van der Waals surface area contributed by atoms with Gasteiger partial charge in [0.25, 0.3) is 0 Å². The monoisotopic (exact) mass is 521 g/mol. The lowest BCUT2D eigenvalue weighted by Gasteiger charge is -2.37. The highest BCUT2D eigenvalue weighted by molar-refractivity contribution is 14.0. The molecule has 0 amide bonds. The van der Waals surface area contributed by atoms with E-state index in [9.17, 15) is 5.11 Å². The van der Waals surface area contributed by atoms with Crippen molar-refractivity contribution in [3.05, 3.63) is 34.9 Å². The molecule has 158 valence electrons. The minimum absolute atomic E-state index is 0. The Hall–Kier alpha value is -0.570. The number of nitrogens with one attached hydrogen (secondary N) is 2. The first-order valence-corrected chi connectivity index (χ1v) is 10.6. The van der Waals surface area contributed by atoms with Gasteiger partial charge in [0.05, 0.1) is 12.6 Å². The third-order valence-electron chi connectivity index (χ3n) is 5.81. The standard InChI is InChI=1S/C21H32ClN3O2.HI/c1-2-23-20(25-18-6-8-19(26)9-7-18)24-15-21(10-12-27-13-11-21)16-4-3-5-17(22)14-16;/h3-5,14,18-19,26H,2,6-13,15H2,1H3,(H2,23,24,25);1H. The molecule has 2 fully saturated rings. The highest BCUT2D eigenvalue weighted by atomic mass is 127. The lowest BCUT2D eigenvalue weighted by atomic mass is 9.74. The Kier molecular flexibility index (Phi) is 9.80. The summed E-state index contributed by atoms with van der Waals surface area (Å²) in [6.07, 6.45) is 5.45. The van der Waals surface area contributed by atoms with Gasteiger partial charge < -0.3 is 20.5 Å². The zero-order valence-corrected chi connectivity index (χ0v) is 19.7. The normalized spacial score (nSPS) is 24.9. The van der Waals surface area contributed by atoms with Crippen molar-refractivity contribution in [1.29, 1.82) is 0 Å². The maximum atomic E-state index is 9.72. The van der Waals surface area contributed by atoms with Gasteiger partial charge in [-0.1, -0.05) is 23.7 Å². The Morgan fingerprint density at radius 2 is 1.96 bits per heavy atom. The summed E-state index contributed by atoms with van der Waals surface area (Å²) in [5.74, 6) is 0.867. The minimum atomic E-state index is -0.143. The summed E-state index contributed by atoms with van der Waals surface area (Å²) in [6.45, 7) is 5.14. The van der Waals surface area contributed by atoms with Crippen LogP contribution in [-0.4, -0.2) is 49.5 Å². The van der Waals surface area contributed by atoms with Gasteiger partial charge in [-0.25, -0.2) is 0 Å². The summed E-state index contributed by atoms with van der Waals surface area (Å²) in [5.41, 5.74) is 1.22. The van der Waals surface area contributed by atoms with Crippen LogP contribution in [-0.2, 0) is 10.2 Å². The highest BCUT2D eigenvalue weighted by Gasteiger charge is 2.34. The Balaban J connectivity index is 0.00000280. The molecule has 0 radical (unpaired) electrons. The van der Waals surface area contributed by atoms with Crippen molar-refractivity contribution in [2.24, 2.45) is 4.99 Å². The number of aliphatic hydroxyl groups excluding tert-OH is 1. The second kappa shape index (κ2) is 11.6. The second-order valence-electron chi connectivity index (χ2n) is 7.75. The number of guanidine groups is 1. The molecular formula is C21H33ClIN3O2. The van der Waals surface area contributed by atoms with Gasteiger partial charge in [-0.05, 0) is 63.1 Å². The van der Waals surface area contributed by atoms with Crippen molar-refractivity contribution < 1.29 is 9.84 Å². The molecule has 3 N–H and O–H groups in total. The molecule has 28 heavy (non-hydrogen) atoms. The Bertz CT molecular complexity index is 630. The highest BCUT2D eigenvalue weighted by Crippen LogP contribution is 2.36. The number of benzene rings is 1. The van der Waals surface area contributed by atoms with Gasteiger partial charge in [-0.15, -0.1) is 24.0 Å². The molecule has 1 aliphatic heterocycles. The van der Waals surface area contributed by atoms with E-state index in [0.29, 0.717) is 12.6 Å². The first-order valence-electron chi connectivity index (χ1n) is 10.2. The number of halogens is 2. The predicted molar refractivity (Wildman–Crippen MR) is 126 cm³/mol. The van der Waals surface area contributed by atoms with Gasteiger partial charge in [0, 0.05) is 36.2 Å². The number of aliphatic hydroxyl groups is 1. The summed E-state index contributed by atoms with van der Waals surface area (Å²) < 4.78 is 5.63. The molecule has 0 aromatic heterocycles. The van der Waals surface area contributed by atoms with Crippen molar-refractivity contribution in [3.8, 4) is 0 Å². The molecule has 7 heteroatoms. The van der Waals surface area contributed by atoms with Crippen LogP contribution < -0.4 is 10.6 Å². The Labute approximate surface area is 190 Å². The minimum Gasteiger partial charge on any atom is -0.393 e. The number of hydrogen-bond donors (Lipinski definition) is 3. The summed E-state index contributed by atoms with van der Waals surface area (Å²) in [7, 11) is 0. The molecule has 0 atom stereocenters. The third-order valence-corrected chi connectivity index (χ3v) is 6.04. The average Bonchev–Trinajstić information content (AvgIpc) is 2.69. The van der Waals surface area contributed by atoms with E-state index < -0.39 is 0 Å². The van der Waals surface area contributed by atoms with Gasteiger partial charge in [-0.3, -0.25) is 4.99 Å². The van der Waals surface area contributed by atoms with E-state index in [1.165, 1.54) is 5.56 Å².